The number of β-amino-alcohol motifs (C(OH)–C–C–N with tert-alkyl or cyclic N) is 1. The molecule has 0 radical (unpaired) electrons. The third kappa shape index (κ3) is 2.55. The fraction of sp³-hybridized carbons (Fsp3) is 0.750. The number of aliphatic hydroxyl groups is 1. The lowest BCUT2D eigenvalue weighted by Crippen LogP contribution is -2.54. The zero-order chi connectivity index (χ0) is 11.5. The van der Waals surface area contributed by atoms with E-state index in [1.807, 2.05) is 6.20 Å². The number of rotatable bonds is 3. The minimum Gasteiger partial charge on any atom is -0.389 e. The van der Waals surface area contributed by atoms with Crippen LogP contribution in [0.25, 0.3) is 0 Å². The van der Waals surface area contributed by atoms with Gasteiger partial charge in [-0.2, -0.15) is 0 Å². The normalized spacial score (nSPS) is 23.1. The summed E-state index contributed by atoms with van der Waals surface area (Å²) in [7, 11) is 0. The van der Waals surface area contributed by atoms with Gasteiger partial charge in [-0.1, -0.05) is 6.58 Å². The first-order valence-electron chi connectivity index (χ1n) is 6.01. The average Bonchev–Trinajstić information content (AvgIpc) is 2.26. The van der Waals surface area contributed by atoms with Gasteiger partial charge in [0.15, 0.2) is 0 Å². The van der Waals surface area contributed by atoms with Crippen molar-refractivity contribution in [2.24, 2.45) is 5.92 Å². The summed E-state index contributed by atoms with van der Waals surface area (Å²) >= 11 is 0. The van der Waals surface area contributed by atoms with Gasteiger partial charge < -0.3 is 14.9 Å². The first kappa shape index (κ1) is 11.5. The molecule has 0 aromatic rings. The molecule has 2 heterocycles. The van der Waals surface area contributed by atoms with Crippen LogP contribution < -0.4 is 0 Å². The van der Waals surface area contributed by atoms with Crippen LogP contribution in [0.2, 0.25) is 0 Å². The van der Waals surface area contributed by atoms with Crippen molar-refractivity contribution < 1.29 is 9.90 Å². The highest BCUT2D eigenvalue weighted by molar-refractivity contribution is 5.77. The molecule has 0 spiro atoms. The second-order valence-corrected chi connectivity index (χ2v) is 4.82. The van der Waals surface area contributed by atoms with Gasteiger partial charge in [0.25, 0.3) is 0 Å². The number of nitrogens with zero attached hydrogens (tertiary/aromatic N) is 2. The molecule has 0 unspecified atom stereocenters. The highest BCUT2D eigenvalue weighted by Crippen LogP contribution is 2.22. The summed E-state index contributed by atoms with van der Waals surface area (Å²) < 4.78 is 0. The monoisotopic (exact) mass is 224 g/mol. The predicted molar refractivity (Wildman–Crippen MR) is 61.7 cm³/mol. The SMILES string of the molecule is C=CN1CCC(CC(=O)N2CC(O)C2)CC1. The minimum absolute atomic E-state index is 0.211. The second-order valence-electron chi connectivity index (χ2n) is 4.82. The van der Waals surface area contributed by atoms with E-state index >= 15 is 0 Å². The van der Waals surface area contributed by atoms with Crippen molar-refractivity contribution in [2.75, 3.05) is 26.2 Å². The fourth-order valence-corrected chi connectivity index (χ4v) is 2.37. The molecule has 0 bridgehead atoms. The van der Waals surface area contributed by atoms with Gasteiger partial charge in [0.05, 0.1) is 6.10 Å². The largest absolute Gasteiger partial charge is 0.389 e. The zero-order valence-electron chi connectivity index (χ0n) is 9.64. The van der Waals surface area contributed by atoms with E-state index in [-0.39, 0.29) is 12.0 Å². The summed E-state index contributed by atoms with van der Waals surface area (Å²) in [6.07, 6.45) is 4.40. The molecule has 2 fully saturated rings. The highest BCUT2D eigenvalue weighted by Gasteiger charge is 2.30. The van der Waals surface area contributed by atoms with Crippen molar-refractivity contribution in [1.29, 1.82) is 0 Å². The molecule has 4 heteroatoms. The first-order chi connectivity index (χ1) is 7.69. The number of piperidine rings is 1. The Kier molecular flexibility index (Phi) is 3.49. The van der Waals surface area contributed by atoms with Gasteiger partial charge in [-0.25, -0.2) is 0 Å². The summed E-state index contributed by atoms with van der Waals surface area (Å²) in [5.41, 5.74) is 0. The second kappa shape index (κ2) is 4.87. The van der Waals surface area contributed by atoms with Crippen molar-refractivity contribution in [3.8, 4) is 0 Å². The van der Waals surface area contributed by atoms with Gasteiger partial charge in [-0.15, -0.1) is 0 Å². The molecule has 0 atom stereocenters. The Morgan fingerprint density at radius 1 is 1.38 bits per heavy atom. The van der Waals surface area contributed by atoms with Gasteiger partial charge in [0.2, 0.25) is 5.91 Å². The molecule has 2 aliphatic rings. The Morgan fingerprint density at radius 3 is 2.50 bits per heavy atom. The maximum absolute atomic E-state index is 11.8. The van der Waals surface area contributed by atoms with Crippen LogP contribution in [0, 0.1) is 5.92 Å². The third-order valence-electron chi connectivity index (χ3n) is 3.59. The molecule has 1 N–H and O–H groups in total. The van der Waals surface area contributed by atoms with Crippen LogP contribution >= 0.6 is 0 Å². The molecule has 16 heavy (non-hydrogen) atoms. The molecular formula is C12H20N2O2. The van der Waals surface area contributed by atoms with Crippen LogP contribution in [0.15, 0.2) is 12.8 Å². The van der Waals surface area contributed by atoms with Crippen molar-refractivity contribution in [1.82, 2.24) is 9.80 Å². The van der Waals surface area contributed by atoms with Gasteiger partial charge in [0, 0.05) is 32.6 Å². The maximum Gasteiger partial charge on any atom is 0.223 e. The van der Waals surface area contributed by atoms with Crippen molar-refractivity contribution >= 4 is 5.91 Å². The predicted octanol–water partition coefficient (Wildman–Crippen LogP) is 0.435. The summed E-state index contributed by atoms with van der Waals surface area (Å²) in [5.74, 6) is 0.726. The average molecular weight is 224 g/mol. The number of carbonyl (C=O) groups excluding carboxylic acids is 1. The van der Waals surface area contributed by atoms with Crippen molar-refractivity contribution in [2.45, 2.75) is 25.4 Å². The highest BCUT2D eigenvalue weighted by atomic mass is 16.3. The van der Waals surface area contributed by atoms with Crippen molar-refractivity contribution in [3.05, 3.63) is 12.8 Å². The molecule has 2 rings (SSSR count). The third-order valence-corrected chi connectivity index (χ3v) is 3.59. The molecule has 0 aromatic carbocycles. The van der Waals surface area contributed by atoms with E-state index in [9.17, 15) is 4.79 Å². The number of likely N-dealkylation sites (tertiary alicyclic amines) is 2. The van der Waals surface area contributed by atoms with E-state index in [1.54, 1.807) is 4.90 Å². The molecule has 0 saturated carbocycles. The van der Waals surface area contributed by atoms with E-state index in [1.165, 1.54) is 0 Å². The standard InChI is InChI=1S/C12H20N2O2/c1-2-13-5-3-10(4-6-13)7-12(16)14-8-11(15)9-14/h2,10-11,15H,1,3-9H2. The minimum atomic E-state index is -0.286. The zero-order valence-corrected chi connectivity index (χ0v) is 9.64. The Morgan fingerprint density at radius 2 is 2.00 bits per heavy atom. The van der Waals surface area contributed by atoms with E-state index in [2.05, 4.69) is 11.5 Å². The quantitative estimate of drug-likeness (QED) is 0.756. The van der Waals surface area contributed by atoms with Crippen LogP contribution in [0.3, 0.4) is 0 Å². The lowest BCUT2D eigenvalue weighted by Gasteiger charge is -2.38. The Labute approximate surface area is 96.5 Å². The molecule has 4 nitrogen and oxygen atoms in total. The molecule has 2 saturated heterocycles. The Hall–Kier alpha value is -1.03. The molecular weight excluding hydrogens is 204 g/mol. The molecule has 0 aliphatic carbocycles. The fourth-order valence-electron chi connectivity index (χ4n) is 2.37. The smallest absolute Gasteiger partial charge is 0.223 e. The van der Waals surface area contributed by atoms with Crippen LogP contribution in [0.4, 0.5) is 0 Å². The summed E-state index contributed by atoms with van der Waals surface area (Å²) in [6.45, 7) is 6.85. The summed E-state index contributed by atoms with van der Waals surface area (Å²) in [5, 5.41) is 9.13. The van der Waals surface area contributed by atoms with E-state index in [0.717, 1.165) is 25.9 Å². The number of aliphatic hydroxyl groups excluding tert-OH is 1. The van der Waals surface area contributed by atoms with E-state index < -0.39 is 0 Å². The van der Waals surface area contributed by atoms with Gasteiger partial charge in [0.1, 0.15) is 0 Å². The Bertz CT molecular complexity index is 266. The van der Waals surface area contributed by atoms with Gasteiger partial charge in [-0.05, 0) is 25.0 Å². The van der Waals surface area contributed by atoms with Crippen LogP contribution in [-0.2, 0) is 4.79 Å². The van der Waals surface area contributed by atoms with E-state index in [0.29, 0.717) is 25.4 Å². The lowest BCUT2D eigenvalue weighted by molar-refractivity contribution is -0.142. The number of amides is 1. The Balaban J connectivity index is 1.70. The summed E-state index contributed by atoms with van der Waals surface area (Å²) in [4.78, 5) is 15.7. The van der Waals surface area contributed by atoms with Gasteiger partial charge in [-0.3, -0.25) is 4.79 Å². The number of carbonyl (C=O) groups is 1. The topological polar surface area (TPSA) is 43.8 Å². The summed E-state index contributed by atoms with van der Waals surface area (Å²) in [6, 6.07) is 0. The van der Waals surface area contributed by atoms with Crippen LogP contribution in [0.5, 0.6) is 0 Å². The first-order valence-corrected chi connectivity index (χ1v) is 6.01. The molecule has 1 amide bonds. The molecule has 2 aliphatic heterocycles. The number of hydrogen-bond donors (Lipinski definition) is 1. The number of hydrogen-bond acceptors (Lipinski definition) is 3. The molecule has 90 valence electrons. The van der Waals surface area contributed by atoms with Gasteiger partial charge >= 0.3 is 0 Å². The lowest BCUT2D eigenvalue weighted by atomic mass is 9.92. The van der Waals surface area contributed by atoms with E-state index in [4.69, 9.17) is 5.11 Å². The maximum atomic E-state index is 11.8. The van der Waals surface area contributed by atoms with Crippen LogP contribution in [-0.4, -0.2) is 53.1 Å². The molecule has 0 aromatic heterocycles. The van der Waals surface area contributed by atoms with Crippen molar-refractivity contribution in [3.63, 3.8) is 0 Å². The van der Waals surface area contributed by atoms with Crippen LogP contribution in [0.1, 0.15) is 19.3 Å².